The summed E-state index contributed by atoms with van der Waals surface area (Å²) in [6, 6.07) is 16.3. The first-order valence-corrected chi connectivity index (χ1v) is 12.3. The van der Waals surface area contributed by atoms with Crippen LogP contribution in [-0.2, 0) is 14.8 Å². The number of thioether (sulfide) groups is 1. The van der Waals surface area contributed by atoms with Crippen molar-refractivity contribution in [2.24, 2.45) is 0 Å². The van der Waals surface area contributed by atoms with Gasteiger partial charge in [0.15, 0.2) is 0 Å². The molecule has 30 heavy (non-hydrogen) atoms. The van der Waals surface area contributed by atoms with Gasteiger partial charge in [-0.25, -0.2) is 13.4 Å². The number of piperazine rings is 1. The molecule has 2 heterocycles. The molecular weight excluding hydrogens is 420 g/mol. The van der Waals surface area contributed by atoms with Crippen molar-refractivity contribution in [1.29, 1.82) is 0 Å². The number of nitrogens with zero attached hydrogens (tertiary/aromatic N) is 3. The first-order chi connectivity index (χ1) is 14.4. The zero-order valence-corrected chi connectivity index (χ0v) is 18.3. The van der Waals surface area contributed by atoms with E-state index in [1.165, 1.54) is 16.1 Å². The molecule has 2 aromatic carbocycles. The van der Waals surface area contributed by atoms with E-state index in [9.17, 15) is 13.2 Å². The molecule has 3 aromatic rings. The summed E-state index contributed by atoms with van der Waals surface area (Å²) in [6.07, 6.45) is 0. The molecule has 0 saturated carbocycles. The monoisotopic (exact) mass is 444 g/mol. The Morgan fingerprint density at radius 3 is 2.43 bits per heavy atom. The van der Waals surface area contributed by atoms with Gasteiger partial charge in [0.25, 0.3) is 0 Å². The number of fused-ring (bicyclic) bond motifs is 1. The molecule has 7 nitrogen and oxygen atoms in total. The van der Waals surface area contributed by atoms with Crippen molar-refractivity contribution in [3.63, 3.8) is 0 Å². The lowest BCUT2D eigenvalue weighted by Gasteiger charge is -2.34. The van der Waals surface area contributed by atoms with E-state index in [1.807, 2.05) is 31.2 Å². The molecule has 1 N–H and O–H groups in total. The topological polar surface area (TPSA) is 86.4 Å². The maximum Gasteiger partial charge on any atom is 0.243 e. The van der Waals surface area contributed by atoms with E-state index in [-0.39, 0.29) is 11.2 Å². The summed E-state index contributed by atoms with van der Waals surface area (Å²) in [5.41, 5.74) is 1.91. The van der Waals surface area contributed by atoms with Gasteiger partial charge in [0, 0.05) is 26.2 Å². The fraction of sp³-hybridized carbons (Fsp3) is 0.333. The van der Waals surface area contributed by atoms with Gasteiger partial charge in [-0.05, 0) is 31.2 Å². The lowest BCUT2D eigenvalue weighted by Crippen LogP contribution is -2.51. The van der Waals surface area contributed by atoms with Gasteiger partial charge < -0.3 is 9.88 Å². The second-order valence-corrected chi connectivity index (χ2v) is 10.5. The molecule has 1 aromatic heterocycles. The van der Waals surface area contributed by atoms with Crippen molar-refractivity contribution in [1.82, 2.24) is 19.2 Å². The number of aromatic amines is 1. The number of imidazole rings is 1. The van der Waals surface area contributed by atoms with Crippen LogP contribution in [0.15, 0.2) is 59.5 Å². The van der Waals surface area contributed by atoms with Gasteiger partial charge in [0.05, 0.1) is 26.9 Å². The molecule has 158 valence electrons. The van der Waals surface area contributed by atoms with Crippen LogP contribution in [0.25, 0.3) is 11.0 Å². The van der Waals surface area contributed by atoms with Gasteiger partial charge in [0.2, 0.25) is 15.9 Å². The number of carbonyl (C=O) groups is 1. The van der Waals surface area contributed by atoms with E-state index in [0.717, 1.165) is 16.9 Å². The van der Waals surface area contributed by atoms with E-state index < -0.39 is 10.0 Å². The van der Waals surface area contributed by atoms with E-state index in [2.05, 4.69) is 9.97 Å². The molecule has 1 atom stereocenters. The molecule has 0 aliphatic carbocycles. The molecule has 0 unspecified atom stereocenters. The second kappa shape index (κ2) is 8.79. The van der Waals surface area contributed by atoms with E-state index >= 15 is 0 Å². The Bertz CT molecular complexity index is 1090. The maximum atomic E-state index is 12.7. The highest BCUT2D eigenvalue weighted by Gasteiger charge is 2.30. The first-order valence-electron chi connectivity index (χ1n) is 9.84. The first kappa shape index (κ1) is 20.9. The zero-order valence-electron chi connectivity index (χ0n) is 16.7. The molecule has 1 saturated heterocycles. The van der Waals surface area contributed by atoms with E-state index in [4.69, 9.17) is 0 Å². The molecule has 0 spiro atoms. The van der Waals surface area contributed by atoms with Gasteiger partial charge in [-0.1, -0.05) is 30.3 Å². The highest BCUT2D eigenvalue weighted by molar-refractivity contribution is 8.00. The summed E-state index contributed by atoms with van der Waals surface area (Å²) >= 11 is 1.53. The van der Waals surface area contributed by atoms with Gasteiger partial charge in [-0.3, -0.25) is 4.79 Å². The largest absolute Gasteiger partial charge is 0.341 e. The molecule has 1 fully saturated rings. The van der Waals surface area contributed by atoms with Crippen LogP contribution in [-0.4, -0.2) is 65.4 Å². The van der Waals surface area contributed by atoms with Crippen molar-refractivity contribution < 1.29 is 13.2 Å². The number of H-pyrrole nitrogens is 1. The van der Waals surface area contributed by atoms with Crippen molar-refractivity contribution in [3.8, 4) is 0 Å². The molecule has 0 radical (unpaired) electrons. The minimum atomic E-state index is -3.51. The summed E-state index contributed by atoms with van der Waals surface area (Å²) in [6.45, 7) is 3.47. The lowest BCUT2D eigenvalue weighted by molar-refractivity contribution is -0.129. The predicted molar refractivity (Wildman–Crippen MR) is 119 cm³/mol. The van der Waals surface area contributed by atoms with Crippen LogP contribution in [0.3, 0.4) is 0 Å². The molecule has 1 aliphatic rings. The summed E-state index contributed by atoms with van der Waals surface area (Å²) in [4.78, 5) is 22.6. The Morgan fingerprint density at radius 1 is 1.07 bits per heavy atom. The normalized spacial score (nSPS) is 16.6. The van der Waals surface area contributed by atoms with Crippen LogP contribution < -0.4 is 0 Å². The quantitative estimate of drug-likeness (QED) is 0.632. The predicted octanol–water partition coefficient (Wildman–Crippen LogP) is 2.89. The fourth-order valence-corrected chi connectivity index (χ4v) is 5.74. The Morgan fingerprint density at radius 2 is 1.73 bits per heavy atom. The van der Waals surface area contributed by atoms with Crippen molar-refractivity contribution >= 4 is 38.7 Å². The average Bonchev–Trinajstić information content (AvgIpc) is 3.22. The second-order valence-electron chi connectivity index (χ2n) is 7.19. The third-order valence-electron chi connectivity index (χ3n) is 5.22. The van der Waals surface area contributed by atoms with E-state index in [1.54, 1.807) is 35.2 Å². The molecule has 9 heteroatoms. The zero-order chi connectivity index (χ0) is 21.1. The standard InChI is InChI=1S/C21H24N4O3S2/c1-16(21-22-18-9-5-6-10-19(18)23-21)29-15-20(26)24-11-13-25(14-12-24)30(27,28)17-7-3-2-4-8-17/h2-10,16H,11-15H2,1H3,(H,22,23)/t16-/m1/s1. The molecule has 4 rings (SSSR count). The van der Waals surface area contributed by atoms with Gasteiger partial charge >= 0.3 is 0 Å². The van der Waals surface area contributed by atoms with Crippen LogP contribution in [0.5, 0.6) is 0 Å². The lowest BCUT2D eigenvalue weighted by atomic mass is 10.3. The summed E-state index contributed by atoms with van der Waals surface area (Å²) in [5, 5.41) is 0.0566. The van der Waals surface area contributed by atoms with Crippen LogP contribution in [0.4, 0.5) is 0 Å². The summed E-state index contributed by atoms with van der Waals surface area (Å²) in [5.74, 6) is 1.22. The van der Waals surface area contributed by atoms with Gasteiger partial charge in [-0.2, -0.15) is 4.31 Å². The molecule has 1 amide bonds. The number of nitrogens with one attached hydrogen (secondary N) is 1. The number of hydrogen-bond donors (Lipinski definition) is 1. The SMILES string of the molecule is C[C@@H](SCC(=O)N1CCN(S(=O)(=O)c2ccccc2)CC1)c1nc2ccccc2[nH]1. The smallest absolute Gasteiger partial charge is 0.243 e. The maximum absolute atomic E-state index is 12.7. The Hall–Kier alpha value is -2.36. The highest BCUT2D eigenvalue weighted by Crippen LogP contribution is 2.28. The third-order valence-corrected chi connectivity index (χ3v) is 8.27. The Balaban J connectivity index is 1.30. The van der Waals surface area contributed by atoms with Gasteiger partial charge in [0.1, 0.15) is 5.82 Å². The number of para-hydroxylation sites is 2. The summed E-state index contributed by atoms with van der Waals surface area (Å²) in [7, 11) is -3.51. The Kier molecular flexibility index (Phi) is 6.12. The number of rotatable bonds is 6. The Labute approximate surface area is 180 Å². The minimum absolute atomic E-state index is 0.0275. The van der Waals surface area contributed by atoms with Crippen LogP contribution >= 0.6 is 11.8 Å². The molecular formula is C21H24N4O3S2. The number of sulfonamides is 1. The van der Waals surface area contributed by atoms with Crippen molar-refractivity contribution in [3.05, 3.63) is 60.4 Å². The minimum Gasteiger partial charge on any atom is -0.341 e. The van der Waals surface area contributed by atoms with Crippen LogP contribution in [0.1, 0.15) is 18.0 Å². The van der Waals surface area contributed by atoms with Gasteiger partial charge in [-0.15, -0.1) is 11.8 Å². The molecule has 1 aliphatic heterocycles. The third kappa shape index (κ3) is 4.38. The van der Waals surface area contributed by atoms with Crippen molar-refractivity contribution in [2.45, 2.75) is 17.1 Å². The highest BCUT2D eigenvalue weighted by atomic mass is 32.2. The molecule has 0 bridgehead atoms. The van der Waals surface area contributed by atoms with Crippen LogP contribution in [0, 0.1) is 0 Å². The van der Waals surface area contributed by atoms with E-state index in [0.29, 0.717) is 36.8 Å². The number of aromatic nitrogens is 2. The summed E-state index contributed by atoms with van der Waals surface area (Å²) < 4.78 is 26.9. The van der Waals surface area contributed by atoms with Crippen molar-refractivity contribution in [2.75, 3.05) is 31.9 Å². The number of amides is 1. The average molecular weight is 445 g/mol. The number of benzene rings is 2. The number of carbonyl (C=O) groups excluding carboxylic acids is 1. The number of hydrogen-bond acceptors (Lipinski definition) is 5. The fourth-order valence-electron chi connectivity index (χ4n) is 3.45. The van der Waals surface area contributed by atoms with Crippen LogP contribution in [0.2, 0.25) is 0 Å².